The van der Waals surface area contributed by atoms with Crippen molar-refractivity contribution in [2.45, 2.75) is 39.9 Å². The van der Waals surface area contributed by atoms with Crippen molar-refractivity contribution in [3.8, 4) is 0 Å². The van der Waals surface area contributed by atoms with Gasteiger partial charge in [-0.3, -0.25) is 0 Å². The molecule has 0 saturated carbocycles. The molecule has 31 heavy (non-hydrogen) atoms. The van der Waals surface area contributed by atoms with Crippen LogP contribution in [-0.2, 0) is 9.47 Å². The van der Waals surface area contributed by atoms with Crippen molar-refractivity contribution in [2.24, 2.45) is 0 Å². The van der Waals surface area contributed by atoms with E-state index >= 15 is 0 Å². The highest BCUT2D eigenvalue weighted by Crippen LogP contribution is 2.38. The van der Waals surface area contributed by atoms with Crippen molar-refractivity contribution in [2.75, 3.05) is 4.90 Å². The zero-order valence-electron chi connectivity index (χ0n) is 18.8. The number of ether oxygens (including phenoxy) is 2. The average Bonchev–Trinajstić information content (AvgIpc) is 2.77. The first-order chi connectivity index (χ1) is 14.9. The van der Waals surface area contributed by atoms with Gasteiger partial charge in [-0.1, -0.05) is 48.6 Å². The molecule has 3 nitrogen and oxygen atoms in total. The fraction of sp³-hybridized carbons (Fsp3) is 0.214. The third-order valence-electron chi connectivity index (χ3n) is 5.34. The Balaban J connectivity index is 2.20. The van der Waals surface area contributed by atoms with Gasteiger partial charge >= 0.3 is 0 Å². The number of benzene rings is 3. The first-order valence-electron chi connectivity index (χ1n) is 10.5. The van der Waals surface area contributed by atoms with Crippen molar-refractivity contribution in [3.63, 3.8) is 0 Å². The van der Waals surface area contributed by atoms with Crippen LogP contribution in [0.1, 0.15) is 48.3 Å². The second kappa shape index (κ2) is 10.0. The van der Waals surface area contributed by atoms with E-state index in [1.54, 1.807) is 0 Å². The summed E-state index contributed by atoms with van der Waals surface area (Å²) < 4.78 is 11.4. The smallest absolute Gasteiger partial charge is 0.120 e. The average molecular weight is 414 g/mol. The molecule has 0 radical (unpaired) electrons. The maximum absolute atomic E-state index is 5.68. The van der Waals surface area contributed by atoms with E-state index in [2.05, 4.69) is 98.6 Å². The summed E-state index contributed by atoms with van der Waals surface area (Å²) in [6.07, 6.45) is 2.70. The van der Waals surface area contributed by atoms with Crippen LogP contribution in [0.2, 0.25) is 0 Å². The number of rotatable bonds is 9. The maximum atomic E-state index is 5.68. The Morgan fingerprint density at radius 3 is 1.39 bits per heavy atom. The third kappa shape index (κ3) is 5.37. The Kier molecular flexibility index (Phi) is 7.19. The lowest BCUT2D eigenvalue weighted by Crippen LogP contribution is -2.12. The van der Waals surface area contributed by atoms with Gasteiger partial charge in [0.05, 0.1) is 12.5 Å². The standard InChI is InChI=1S/C28H31NO2/c1-7-30-22(5)24-17-25(23(6)31-8-2)19-28(18-24)29(26-13-9-20(3)10-14-26)27-15-11-21(4)12-16-27/h7-19,22-23H,1-2H2,3-6H3. The van der Waals surface area contributed by atoms with Crippen LogP contribution in [0, 0.1) is 13.8 Å². The lowest BCUT2D eigenvalue weighted by molar-refractivity contribution is 0.159. The molecular formula is C28H31NO2. The molecule has 0 amide bonds. The van der Waals surface area contributed by atoms with Crippen molar-refractivity contribution in [1.82, 2.24) is 0 Å². The van der Waals surface area contributed by atoms with Crippen LogP contribution < -0.4 is 4.90 Å². The molecule has 3 rings (SSSR count). The Morgan fingerprint density at radius 2 is 1.03 bits per heavy atom. The molecule has 0 spiro atoms. The highest BCUT2D eigenvalue weighted by Gasteiger charge is 2.18. The minimum atomic E-state index is -0.134. The van der Waals surface area contributed by atoms with Crippen molar-refractivity contribution < 1.29 is 9.47 Å². The van der Waals surface area contributed by atoms with E-state index in [-0.39, 0.29) is 12.2 Å². The summed E-state index contributed by atoms with van der Waals surface area (Å²) >= 11 is 0. The van der Waals surface area contributed by atoms with E-state index in [1.807, 2.05) is 13.8 Å². The molecule has 2 atom stereocenters. The molecular weight excluding hydrogens is 382 g/mol. The van der Waals surface area contributed by atoms with Gasteiger partial charge in [0.1, 0.15) is 12.2 Å². The van der Waals surface area contributed by atoms with Gasteiger partial charge in [0, 0.05) is 17.1 Å². The molecule has 0 saturated heterocycles. The van der Waals surface area contributed by atoms with Gasteiger partial charge < -0.3 is 14.4 Å². The van der Waals surface area contributed by atoms with Crippen LogP contribution in [0.3, 0.4) is 0 Å². The third-order valence-corrected chi connectivity index (χ3v) is 5.34. The number of hydrogen-bond acceptors (Lipinski definition) is 3. The van der Waals surface area contributed by atoms with Gasteiger partial charge in [0.2, 0.25) is 0 Å². The van der Waals surface area contributed by atoms with Crippen molar-refractivity contribution in [3.05, 3.63) is 115 Å². The molecule has 0 bridgehead atoms. The molecule has 0 N–H and O–H groups in total. The van der Waals surface area contributed by atoms with Crippen LogP contribution in [0.15, 0.2) is 92.4 Å². The monoisotopic (exact) mass is 413 g/mol. The Morgan fingerprint density at radius 1 is 0.645 bits per heavy atom. The van der Waals surface area contributed by atoms with Crippen LogP contribution in [0.4, 0.5) is 17.1 Å². The minimum absolute atomic E-state index is 0.134. The van der Waals surface area contributed by atoms with E-state index in [0.29, 0.717) is 0 Å². The fourth-order valence-corrected chi connectivity index (χ4v) is 3.54. The molecule has 3 heteroatoms. The predicted octanol–water partition coefficient (Wildman–Crippen LogP) is 8.22. The highest BCUT2D eigenvalue weighted by atomic mass is 16.5. The summed E-state index contributed by atoms with van der Waals surface area (Å²) in [5.41, 5.74) is 7.77. The topological polar surface area (TPSA) is 21.7 Å². The van der Waals surface area contributed by atoms with Gasteiger partial charge in [-0.2, -0.15) is 0 Å². The van der Waals surface area contributed by atoms with Gasteiger partial charge in [0.25, 0.3) is 0 Å². The molecule has 3 aromatic carbocycles. The van der Waals surface area contributed by atoms with Crippen molar-refractivity contribution >= 4 is 17.1 Å². The molecule has 0 heterocycles. The number of hydrogen-bond donors (Lipinski definition) is 0. The van der Waals surface area contributed by atoms with Crippen LogP contribution in [0.25, 0.3) is 0 Å². The SMILES string of the molecule is C=COC(C)c1cc(C(C)OC=C)cc(N(c2ccc(C)cc2)c2ccc(C)cc2)c1. The second-order valence-electron chi connectivity index (χ2n) is 7.75. The Labute approximate surface area is 186 Å². The Hall–Kier alpha value is -3.46. The lowest BCUT2D eigenvalue weighted by Gasteiger charge is -2.28. The number of aryl methyl sites for hydroxylation is 2. The normalized spacial score (nSPS) is 12.5. The van der Waals surface area contributed by atoms with E-state index in [0.717, 1.165) is 28.2 Å². The lowest BCUT2D eigenvalue weighted by atomic mass is 10.0. The van der Waals surface area contributed by atoms with E-state index in [9.17, 15) is 0 Å². The van der Waals surface area contributed by atoms with Gasteiger partial charge in [0.15, 0.2) is 0 Å². The minimum Gasteiger partial charge on any atom is -0.494 e. The van der Waals surface area contributed by atoms with Crippen LogP contribution in [0.5, 0.6) is 0 Å². The first kappa shape index (κ1) is 22.2. The van der Waals surface area contributed by atoms with E-state index in [1.165, 1.54) is 23.7 Å². The van der Waals surface area contributed by atoms with Crippen LogP contribution in [-0.4, -0.2) is 0 Å². The summed E-state index contributed by atoms with van der Waals surface area (Å²) in [5.74, 6) is 0. The molecule has 0 aliphatic carbocycles. The van der Waals surface area contributed by atoms with E-state index in [4.69, 9.17) is 9.47 Å². The largest absolute Gasteiger partial charge is 0.494 e. The van der Waals surface area contributed by atoms with Gasteiger partial charge in [-0.25, -0.2) is 0 Å². The second-order valence-corrected chi connectivity index (χ2v) is 7.75. The number of anilines is 3. The summed E-state index contributed by atoms with van der Waals surface area (Å²) in [6.45, 7) is 15.7. The highest BCUT2D eigenvalue weighted by molar-refractivity contribution is 5.77. The fourth-order valence-electron chi connectivity index (χ4n) is 3.54. The van der Waals surface area contributed by atoms with Gasteiger partial charge in [-0.05, 0) is 81.3 Å². The maximum Gasteiger partial charge on any atom is 0.120 e. The zero-order valence-corrected chi connectivity index (χ0v) is 18.8. The molecule has 3 aromatic rings. The first-order valence-corrected chi connectivity index (χ1v) is 10.5. The molecule has 0 aromatic heterocycles. The number of nitrogens with zero attached hydrogens (tertiary/aromatic N) is 1. The molecule has 160 valence electrons. The van der Waals surface area contributed by atoms with Crippen LogP contribution >= 0.6 is 0 Å². The Bertz CT molecular complexity index is 942. The summed E-state index contributed by atoms with van der Waals surface area (Å²) in [6, 6.07) is 23.6. The zero-order chi connectivity index (χ0) is 22.4. The summed E-state index contributed by atoms with van der Waals surface area (Å²) in [7, 11) is 0. The predicted molar refractivity (Wildman–Crippen MR) is 130 cm³/mol. The van der Waals surface area contributed by atoms with Gasteiger partial charge in [-0.15, -0.1) is 0 Å². The van der Waals surface area contributed by atoms with Crippen molar-refractivity contribution in [1.29, 1.82) is 0 Å². The summed E-state index contributed by atoms with van der Waals surface area (Å²) in [5, 5.41) is 0. The molecule has 0 aliphatic heterocycles. The summed E-state index contributed by atoms with van der Waals surface area (Å²) in [4.78, 5) is 2.26. The molecule has 2 unspecified atom stereocenters. The van der Waals surface area contributed by atoms with E-state index < -0.39 is 0 Å². The molecule has 0 aliphatic rings. The quantitative estimate of drug-likeness (QED) is 0.330. The molecule has 0 fully saturated rings.